The largest absolute Gasteiger partial charge is 0.367 e. The van der Waals surface area contributed by atoms with Crippen LogP contribution in [-0.4, -0.2) is 70.5 Å². The molecule has 4 atom stereocenters. The second kappa shape index (κ2) is 7.33. The molecule has 2 fully saturated rings. The highest BCUT2D eigenvalue weighted by atomic mass is 19.3. The van der Waals surface area contributed by atoms with Crippen molar-refractivity contribution in [3.63, 3.8) is 0 Å². The van der Waals surface area contributed by atoms with Crippen LogP contribution in [0.15, 0.2) is 6.07 Å². The van der Waals surface area contributed by atoms with Gasteiger partial charge >= 0.3 is 0 Å². The van der Waals surface area contributed by atoms with E-state index in [1.165, 1.54) is 4.68 Å². The van der Waals surface area contributed by atoms with Crippen LogP contribution in [-0.2, 0) is 9.59 Å². The molecule has 28 heavy (non-hydrogen) atoms. The summed E-state index contributed by atoms with van der Waals surface area (Å²) in [4.78, 5) is 28.1. The van der Waals surface area contributed by atoms with Crippen LogP contribution in [0.5, 0.6) is 0 Å². The van der Waals surface area contributed by atoms with E-state index in [2.05, 4.69) is 10.4 Å². The number of amides is 2. The monoisotopic (exact) mass is 395 g/mol. The van der Waals surface area contributed by atoms with Gasteiger partial charge in [0, 0.05) is 45.2 Å². The van der Waals surface area contributed by atoms with E-state index >= 15 is 0 Å². The lowest BCUT2D eigenvalue weighted by Crippen LogP contribution is -2.49. The van der Waals surface area contributed by atoms with Gasteiger partial charge in [-0.2, -0.15) is 5.10 Å². The van der Waals surface area contributed by atoms with Crippen LogP contribution < -0.4 is 5.32 Å². The minimum absolute atomic E-state index is 0.00395. The molecule has 1 N–H and O–H groups in total. The molecule has 4 heterocycles. The van der Waals surface area contributed by atoms with Crippen molar-refractivity contribution in [3.8, 4) is 0 Å². The van der Waals surface area contributed by atoms with Crippen molar-refractivity contribution in [2.75, 3.05) is 32.0 Å². The second-order valence-electron chi connectivity index (χ2n) is 8.37. The number of hydrogen-bond acceptors (Lipinski definition) is 4. The van der Waals surface area contributed by atoms with E-state index in [0.29, 0.717) is 37.6 Å². The third-order valence-electron chi connectivity index (χ3n) is 6.32. The van der Waals surface area contributed by atoms with Crippen molar-refractivity contribution in [1.29, 1.82) is 0 Å². The normalized spacial score (nSPS) is 30.5. The first-order valence-corrected chi connectivity index (χ1v) is 9.97. The van der Waals surface area contributed by atoms with Gasteiger partial charge in [0.2, 0.25) is 11.8 Å². The minimum atomic E-state index is -2.48. The number of hydrogen-bond donors (Lipinski definition) is 1. The van der Waals surface area contributed by atoms with Gasteiger partial charge in [0.25, 0.3) is 6.43 Å². The standard InChI is InChI=1S/C19H27F2N5O2/c1-11-6-16-22-14(8-15(18(20)21)26(16)23-11)12-4-3-5-25(10-12)19(28)13-7-17(27)24(2)9-13/h6,12-15,18,22H,3-5,7-10H2,1-2H3/t12-,13+,14+,15-/m1/s1. The van der Waals surface area contributed by atoms with E-state index in [1.54, 1.807) is 24.9 Å². The Balaban J connectivity index is 1.46. The highest BCUT2D eigenvalue weighted by molar-refractivity contribution is 5.89. The first kappa shape index (κ1) is 19.1. The molecule has 0 spiro atoms. The highest BCUT2D eigenvalue weighted by Gasteiger charge is 2.40. The summed E-state index contributed by atoms with van der Waals surface area (Å²) in [6.45, 7) is 3.48. The number of piperidine rings is 1. The molecule has 4 rings (SSSR count). The predicted molar refractivity (Wildman–Crippen MR) is 99.1 cm³/mol. The van der Waals surface area contributed by atoms with Crippen LogP contribution in [0.3, 0.4) is 0 Å². The van der Waals surface area contributed by atoms with Crippen LogP contribution in [0.4, 0.5) is 14.6 Å². The van der Waals surface area contributed by atoms with Crippen LogP contribution >= 0.6 is 0 Å². The van der Waals surface area contributed by atoms with Gasteiger partial charge in [-0.05, 0) is 32.1 Å². The number of likely N-dealkylation sites (tertiary alicyclic amines) is 2. The lowest BCUT2D eigenvalue weighted by Gasteiger charge is -2.41. The minimum Gasteiger partial charge on any atom is -0.367 e. The van der Waals surface area contributed by atoms with E-state index in [-0.39, 0.29) is 36.1 Å². The van der Waals surface area contributed by atoms with E-state index in [1.807, 2.05) is 4.90 Å². The van der Waals surface area contributed by atoms with Crippen LogP contribution in [0, 0.1) is 18.8 Å². The Morgan fingerprint density at radius 2 is 2.14 bits per heavy atom. The molecular formula is C19H27F2N5O2. The lowest BCUT2D eigenvalue weighted by molar-refractivity contribution is -0.137. The number of nitrogens with one attached hydrogen (secondary N) is 1. The third-order valence-corrected chi connectivity index (χ3v) is 6.32. The summed E-state index contributed by atoms with van der Waals surface area (Å²) in [5.74, 6) is 0.477. The zero-order chi connectivity index (χ0) is 20.0. The van der Waals surface area contributed by atoms with Crippen molar-refractivity contribution >= 4 is 17.6 Å². The first-order chi connectivity index (χ1) is 13.3. The Hall–Kier alpha value is -2.19. The van der Waals surface area contributed by atoms with Crippen molar-refractivity contribution in [2.24, 2.45) is 11.8 Å². The maximum Gasteiger partial charge on any atom is 0.260 e. The van der Waals surface area contributed by atoms with Crippen LogP contribution in [0.25, 0.3) is 0 Å². The number of aryl methyl sites for hydroxylation is 1. The number of rotatable bonds is 3. The fourth-order valence-electron chi connectivity index (χ4n) is 4.83. The Morgan fingerprint density at radius 1 is 1.36 bits per heavy atom. The van der Waals surface area contributed by atoms with Gasteiger partial charge in [-0.3, -0.25) is 9.59 Å². The van der Waals surface area contributed by atoms with Crippen molar-refractivity contribution in [1.82, 2.24) is 19.6 Å². The molecule has 3 aliphatic rings. The van der Waals surface area contributed by atoms with Gasteiger partial charge in [0.05, 0.1) is 11.6 Å². The average molecular weight is 395 g/mol. The summed E-state index contributed by atoms with van der Waals surface area (Å²) < 4.78 is 28.7. The van der Waals surface area contributed by atoms with E-state index in [9.17, 15) is 18.4 Å². The number of fused-ring (bicyclic) bond motifs is 1. The number of aromatic nitrogens is 2. The van der Waals surface area contributed by atoms with E-state index in [0.717, 1.165) is 12.8 Å². The second-order valence-corrected chi connectivity index (χ2v) is 8.37. The molecule has 2 amide bonds. The summed E-state index contributed by atoms with van der Waals surface area (Å²) in [5, 5.41) is 7.60. The van der Waals surface area contributed by atoms with Gasteiger partial charge < -0.3 is 15.1 Å². The molecule has 0 saturated carbocycles. The lowest BCUT2D eigenvalue weighted by atomic mass is 9.85. The maximum atomic E-state index is 13.6. The molecule has 1 aromatic heterocycles. The number of carbonyl (C=O) groups excluding carboxylic acids is 2. The SMILES string of the molecule is Cc1cc2n(n1)[C@@H](C(F)F)C[C@@H]([C@@H]1CCCN(C(=O)[C@H]3CC(=O)N(C)C3)C1)N2. The molecule has 7 nitrogen and oxygen atoms in total. The summed E-state index contributed by atoms with van der Waals surface area (Å²) in [6, 6.07) is 0.737. The molecule has 1 aromatic rings. The number of alkyl halides is 2. The van der Waals surface area contributed by atoms with Gasteiger partial charge in [-0.15, -0.1) is 0 Å². The molecule has 9 heteroatoms. The zero-order valence-corrected chi connectivity index (χ0v) is 16.3. The molecule has 3 aliphatic heterocycles. The molecule has 0 unspecified atom stereocenters. The topological polar surface area (TPSA) is 70.5 Å². The predicted octanol–water partition coefficient (Wildman–Crippen LogP) is 1.90. The molecule has 0 aromatic carbocycles. The number of carbonyl (C=O) groups is 2. The Morgan fingerprint density at radius 3 is 2.82 bits per heavy atom. The quantitative estimate of drug-likeness (QED) is 0.849. The maximum absolute atomic E-state index is 13.6. The number of nitrogens with zero attached hydrogens (tertiary/aromatic N) is 4. The Labute approximate surface area is 163 Å². The van der Waals surface area contributed by atoms with Crippen molar-refractivity contribution < 1.29 is 18.4 Å². The van der Waals surface area contributed by atoms with Crippen LogP contribution in [0.1, 0.15) is 37.4 Å². The Kier molecular flexibility index (Phi) is 5.01. The smallest absolute Gasteiger partial charge is 0.260 e. The summed E-state index contributed by atoms with van der Waals surface area (Å²) in [6.07, 6.45) is -0.173. The first-order valence-electron chi connectivity index (χ1n) is 9.97. The Bertz CT molecular complexity index is 768. The van der Waals surface area contributed by atoms with Crippen LogP contribution in [0.2, 0.25) is 0 Å². The van der Waals surface area contributed by atoms with Crippen molar-refractivity contribution in [2.45, 2.75) is 51.1 Å². The number of anilines is 1. The fraction of sp³-hybridized carbons (Fsp3) is 0.737. The van der Waals surface area contributed by atoms with Gasteiger partial charge in [0.15, 0.2) is 0 Å². The summed E-state index contributed by atoms with van der Waals surface area (Å²) >= 11 is 0. The molecule has 0 bridgehead atoms. The molecule has 154 valence electrons. The van der Waals surface area contributed by atoms with Gasteiger partial charge in [-0.25, -0.2) is 13.5 Å². The van der Waals surface area contributed by atoms with Gasteiger partial charge in [-0.1, -0.05) is 0 Å². The third kappa shape index (κ3) is 3.46. The van der Waals surface area contributed by atoms with Crippen molar-refractivity contribution in [3.05, 3.63) is 11.8 Å². The van der Waals surface area contributed by atoms with E-state index in [4.69, 9.17) is 0 Å². The number of halogens is 2. The molecule has 0 radical (unpaired) electrons. The highest BCUT2D eigenvalue weighted by Crippen LogP contribution is 2.36. The average Bonchev–Trinajstić information content (AvgIpc) is 3.21. The fourth-order valence-corrected chi connectivity index (χ4v) is 4.83. The molecule has 0 aliphatic carbocycles. The molecular weight excluding hydrogens is 368 g/mol. The summed E-state index contributed by atoms with van der Waals surface area (Å²) in [7, 11) is 1.72. The zero-order valence-electron chi connectivity index (χ0n) is 16.3. The van der Waals surface area contributed by atoms with E-state index < -0.39 is 12.5 Å². The summed E-state index contributed by atoms with van der Waals surface area (Å²) in [5.41, 5.74) is 0.712. The van der Waals surface area contributed by atoms with Gasteiger partial charge in [0.1, 0.15) is 11.9 Å². The molecule has 2 saturated heterocycles.